The minimum Gasteiger partial charge on any atom is -0.198 e. The molecule has 1 atom stereocenters. The third kappa shape index (κ3) is 8.24. The zero-order valence-corrected chi connectivity index (χ0v) is 10.6. The Morgan fingerprint density at radius 2 is 2.00 bits per heavy atom. The van der Waals surface area contributed by atoms with Crippen molar-refractivity contribution in [1.82, 2.24) is 0 Å². The number of allylic oxidation sites excluding steroid dienone is 1. The molecule has 0 spiro atoms. The molecule has 0 amide bonds. The fraction of sp³-hybridized carbons (Fsp3) is 0.786. The third-order valence-electron chi connectivity index (χ3n) is 2.68. The molecule has 86 valence electrons. The maximum atomic E-state index is 8.70. The van der Waals surface area contributed by atoms with E-state index in [2.05, 4.69) is 33.4 Å². The summed E-state index contributed by atoms with van der Waals surface area (Å²) in [6.45, 7) is 10.7. The Kier molecular flexibility index (Phi) is 8.09. The second kappa shape index (κ2) is 8.53. The average Bonchev–Trinajstić information content (AvgIpc) is 2.14. The molecule has 1 unspecified atom stereocenters. The molecule has 0 radical (unpaired) electrons. The molecule has 0 N–H and O–H groups in total. The SMILES string of the molecule is C=C(CCC(CC#N)CCC)CC(C)C. The van der Waals surface area contributed by atoms with Crippen LogP contribution in [0.1, 0.15) is 59.3 Å². The Hall–Kier alpha value is -0.770. The van der Waals surface area contributed by atoms with Crippen LogP contribution in [0.4, 0.5) is 0 Å². The van der Waals surface area contributed by atoms with Gasteiger partial charge in [0.2, 0.25) is 0 Å². The summed E-state index contributed by atoms with van der Waals surface area (Å²) in [5.41, 5.74) is 1.35. The summed E-state index contributed by atoms with van der Waals surface area (Å²) in [5, 5.41) is 8.70. The minimum atomic E-state index is 0.587. The lowest BCUT2D eigenvalue weighted by atomic mass is 9.91. The molecule has 1 nitrogen and oxygen atoms in total. The van der Waals surface area contributed by atoms with Gasteiger partial charge in [0.05, 0.1) is 6.07 Å². The smallest absolute Gasteiger partial charge is 0.0624 e. The van der Waals surface area contributed by atoms with Gasteiger partial charge in [-0.05, 0) is 37.5 Å². The largest absolute Gasteiger partial charge is 0.198 e. The Morgan fingerprint density at radius 3 is 2.47 bits per heavy atom. The van der Waals surface area contributed by atoms with Crippen molar-refractivity contribution in [2.45, 2.75) is 59.3 Å². The van der Waals surface area contributed by atoms with E-state index < -0.39 is 0 Å². The van der Waals surface area contributed by atoms with Crippen LogP contribution in [0.5, 0.6) is 0 Å². The molecule has 0 aliphatic rings. The topological polar surface area (TPSA) is 23.8 Å². The quantitative estimate of drug-likeness (QED) is 0.529. The van der Waals surface area contributed by atoms with Gasteiger partial charge in [-0.3, -0.25) is 0 Å². The van der Waals surface area contributed by atoms with Crippen molar-refractivity contribution in [3.05, 3.63) is 12.2 Å². The maximum absolute atomic E-state index is 8.70. The summed E-state index contributed by atoms with van der Waals surface area (Å²) >= 11 is 0. The van der Waals surface area contributed by atoms with Gasteiger partial charge in [-0.2, -0.15) is 5.26 Å². The molecular formula is C14H25N. The second-order valence-electron chi connectivity index (χ2n) is 4.90. The third-order valence-corrected chi connectivity index (χ3v) is 2.68. The van der Waals surface area contributed by atoms with Crippen molar-refractivity contribution in [1.29, 1.82) is 5.26 Å². The first-order valence-corrected chi connectivity index (χ1v) is 6.13. The van der Waals surface area contributed by atoms with Gasteiger partial charge in [-0.1, -0.05) is 39.3 Å². The molecule has 0 aromatic rings. The zero-order chi connectivity index (χ0) is 11.7. The molecule has 0 saturated heterocycles. The van der Waals surface area contributed by atoms with E-state index >= 15 is 0 Å². The van der Waals surface area contributed by atoms with E-state index in [4.69, 9.17) is 5.26 Å². The minimum absolute atomic E-state index is 0.587. The van der Waals surface area contributed by atoms with Crippen molar-refractivity contribution < 1.29 is 0 Å². The van der Waals surface area contributed by atoms with Crippen molar-refractivity contribution in [2.75, 3.05) is 0 Å². The highest BCUT2D eigenvalue weighted by Gasteiger charge is 2.08. The van der Waals surface area contributed by atoms with Crippen LogP contribution < -0.4 is 0 Å². The van der Waals surface area contributed by atoms with Crippen LogP contribution in [0.25, 0.3) is 0 Å². The fourth-order valence-electron chi connectivity index (χ4n) is 1.97. The molecule has 0 fully saturated rings. The molecule has 0 aliphatic carbocycles. The van der Waals surface area contributed by atoms with Crippen molar-refractivity contribution >= 4 is 0 Å². The monoisotopic (exact) mass is 207 g/mol. The van der Waals surface area contributed by atoms with E-state index in [1.807, 2.05) is 0 Å². The zero-order valence-electron chi connectivity index (χ0n) is 10.6. The van der Waals surface area contributed by atoms with Crippen LogP contribution in [0.3, 0.4) is 0 Å². The van der Waals surface area contributed by atoms with Crippen LogP contribution in [0.15, 0.2) is 12.2 Å². The standard InChI is InChI=1S/C14H25N/c1-5-6-14(9-10-15)8-7-13(4)11-12(2)3/h12,14H,4-9,11H2,1-3H3. The van der Waals surface area contributed by atoms with Crippen LogP contribution in [-0.4, -0.2) is 0 Å². The Morgan fingerprint density at radius 1 is 1.33 bits per heavy atom. The van der Waals surface area contributed by atoms with E-state index in [1.165, 1.54) is 18.4 Å². The first-order valence-electron chi connectivity index (χ1n) is 6.13. The van der Waals surface area contributed by atoms with Gasteiger partial charge in [0.25, 0.3) is 0 Å². The van der Waals surface area contributed by atoms with Gasteiger partial charge in [-0.25, -0.2) is 0 Å². The van der Waals surface area contributed by atoms with E-state index in [1.54, 1.807) is 0 Å². The van der Waals surface area contributed by atoms with Crippen molar-refractivity contribution in [2.24, 2.45) is 11.8 Å². The predicted octanol–water partition coefficient (Wildman–Crippen LogP) is 4.70. The van der Waals surface area contributed by atoms with Gasteiger partial charge in [-0.15, -0.1) is 0 Å². The summed E-state index contributed by atoms with van der Waals surface area (Å²) in [7, 11) is 0. The van der Waals surface area contributed by atoms with Gasteiger partial charge in [0, 0.05) is 6.42 Å². The lowest BCUT2D eigenvalue weighted by molar-refractivity contribution is 0.447. The summed E-state index contributed by atoms with van der Waals surface area (Å²) < 4.78 is 0. The molecule has 0 aliphatic heterocycles. The van der Waals surface area contributed by atoms with Crippen LogP contribution in [-0.2, 0) is 0 Å². The Labute approximate surface area is 95.2 Å². The van der Waals surface area contributed by atoms with E-state index in [-0.39, 0.29) is 0 Å². The molecule has 0 rings (SSSR count). The highest BCUT2D eigenvalue weighted by Crippen LogP contribution is 2.22. The maximum Gasteiger partial charge on any atom is 0.0624 e. The first-order chi connectivity index (χ1) is 7.10. The Balaban J connectivity index is 3.78. The summed E-state index contributed by atoms with van der Waals surface area (Å²) in [6, 6.07) is 2.29. The molecule has 1 heteroatoms. The number of hydrogen-bond acceptors (Lipinski definition) is 1. The van der Waals surface area contributed by atoms with Crippen LogP contribution in [0.2, 0.25) is 0 Å². The molecule has 0 aromatic heterocycles. The fourth-order valence-corrected chi connectivity index (χ4v) is 1.97. The second-order valence-corrected chi connectivity index (χ2v) is 4.90. The van der Waals surface area contributed by atoms with Gasteiger partial charge < -0.3 is 0 Å². The first kappa shape index (κ1) is 14.2. The van der Waals surface area contributed by atoms with E-state index in [0.717, 1.165) is 19.3 Å². The highest BCUT2D eigenvalue weighted by atomic mass is 14.2. The highest BCUT2D eigenvalue weighted by molar-refractivity contribution is 4.95. The molecule has 15 heavy (non-hydrogen) atoms. The molecule has 0 heterocycles. The van der Waals surface area contributed by atoms with Gasteiger partial charge in [0.1, 0.15) is 0 Å². The predicted molar refractivity (Wildman–Crippen MR) is 66.5 cm³/mol. The van der Waals surface area contributed by atoms with Crippen LogP contribution in [0, 0.1) is 23.2 Å². The molecule has 0 bridgehead atoms. The Bertz CT molecular complexity index is 210. The molecule has 0 saturated carbocycles. The van der Waals surface area contributed by atoms with Crippen LogP contribution >= 0.6 is 0 Å². The van der Waals surface area contributed by atoms with E-state index in [0.29, 0.717) is 18.3 Å². The number of nitriles is 1. The molecular weight excluding hydrogens is 182 g/mol. The number of nitrogens with zero attached hydrogens (tertiary/aromatic N) is 1. The molecule has 0 aromatic carbocycles. The van der Waals surface area contributed by atoms with Crippen molar-refractivity contribution in [3.8, 4) is 6.07 Å². The van der Waals surface area contributed by atoms with Crippen molar-refractivity contribution in [3.63, 3.8) is 0 Å². The summed E-state index contributed by atoms with van der Waals surface area (Å²) in [6.07, 6.45) is 6.46. The summed E-state index contributed by atoms with van der Waals surface area (Å²) in [5.74, 6) is 1.29. The average molecular weight is 207 g/mol. The lowest BCUT2D eigenvalue weighted by Gasteiger charge is -2.14. The lowest BCUT2D eigenvalue weighted by Crippen LogP contribution is -2.00. The summed E-state index contributed by atoms with van der Waals surface area (Å²) in [4.78, 5) is 0. The van der Waals surface area contributed by atoms with E-state index in [9.17, 15) is 0 Å². The number of hydrogen-bond donors (Lipinski definition) is 0. The van der Waals surface area contributed by atoms with Gasteiger partial charge in [0.15, 0.2) is 0 Å². The van der Waals surface area contributed by atoms with Gasteiger partial charge >= 0.3 is 0 Å². The normalized spacial score (nSPS) is 12.5. The number of rotatable bonds is 8.